The molecule has 92 valence electrons. The molecule has 1 aromatic heterocycles. The summed E-state index contributed by atoms with van der Waals surface area (Å²) in [7, 11) is 0. The van der Waals surface area contributed by atoms with E-state index in [2.05, 4.69) is 17.1 Å². The molecule has 0 atom stereocenters. The minimum Gasteiger partial charge on any atom is -0.299 e. The number of hydrogen-bond donors (Lipinski definition) is 0. The Kier molecular flexibility index (Phi) is 4.24. The van der Waals surface area contributed by atoms with Gasteiger partial charge < -0.3 is 0 Å². The molecule has 0 aliphatic carbocycles. The molecule has 2 heteroatoms. The molecule has 2 nitrogen and oxygen atoms in total. The van der Waals surface area contributed by atoms with Crippen molar-refractivity contribution in [3.63, 3.8) is 0 Å². The van der Waals surface area contributed by atoms with Crippen LogP contribution in [0, 0.1) is 6.92 Å². The molecule has 1 aromatic carbocycles. The first-order chi connectivity index (χ1) is 8.75. The summed E-state index contributed by atoms with van der Waals surface area (Å²) in [6.07, 6.45) is 3.58. The van der Waals surface area contributed by atoms with Crippen LogP contribution in [0.15, 0.2) is 48.7 Å². The number of rotatable bonds is 5. The van der Waals surface area contributed by atoms with Crippen LogP contribution in [-0.4, -0.2) is 10.8 Å². The van der Waals surface area contributed by atoms with Gasteiger partial charge >= 0.3 is 0 Å². The van der Waals surface area contributed by atoms with Crippen molar-refractivity contribution in [3.8, 4) is 0 Å². The fraction of sp³-hybridized carbons (Fsp3) is 0.250. The fourth-order valence-corrected chi connectivity index (χ4v) is 1.91. The maximum Gasteiger partial charge on any atom is 0.139 e. The number of aromatic nitrogens is 1. The first kappa shape index (κ1) is 12.5. The number of ketones is 1. The third-order valence-corrected chi connectivity index (χ3v) is 3.02. The first-order valence-electron chi connectivity index (χ1n) is 6.22. The summed E-state index contributed by atoms with van der Waals surface area (Å²) in [6.45, 7) is 1.99. The Morgan fingerprint density at radius 3 is 2.61 bits per heavy atom. The average Bonchev–Trinajstić information content (AvgIpc) is 2.40. The van der Waals surface area contributed by atoms with E-state index in [-0.39, 0.29) is 5.78 Å². The Labute approximate surface area is 108 Å². The van der Waals surface area contributed by atoms with Gasteiger partial charge in [0.25, 0.3) is 0 Å². The summed E-state index contributed by atoms with van der Waals surface area (Å²) in [6, 6.07) is 14.0. The lowest BCUT2D eigenvalue weighted by atomic mass is 10.0. The van der Waals surface area contributed by atoms with Gasteiger partial charge in [-0.15, -0.1) is 0 Å². The van der Waals surface area contributed by atoms with E-state index in [9.17, 15) is 4.79 Å². The van der Waals surface area contributed by atoms with Gasteiger partial charge in [0.15, 0.2) is 0 Å². The molecular formula is C16H17NO. The van der Waals surface area contributed by atoms with Crippen molar-refractivity contribution in [2.75, 3.05) is 0 Å². The van der Waals surface area contributed by atoms with Crippen LogP contribution in [-0.2, 0) is 17.6 Å². The molecule has 0 fully saturated rings. The van der Waals surface area contributed by atoms with E-state index in [1.165, 1.54) is 5.56 Å². The molecule has 18 heavy (non-hydrogen) atoms. The zero-order valence-corrected chi connectivity index (χ0v) is 10.6. The summed E-state index contributed by atoms with van der Waals surface area (Å²) >= 11 is 0. The summed E-state index contributed by atoms with van der Waals surface area (Å²) in [5.74, 6) is 0.251. The second kappa shape index (κ2) is 6.10. The molecule has 2 rings (SSSR count). The molecule has 0 radical (unpaired) electrons. The predicted molar refractivity (Wildman–Crippen MR) is 72.4 cm³/mol. The molecule has 0 aliphatic heterocycles. The van der Waals surface area contributed by atoms with Crippen molar-refractivity contribution < 1.29 is 4.79 Å². The molecular weight excluding hydrogens is 222 g/mol. The van der Waals surface area contributed by atoms with Crippen LogP contribution in [0.3, 0.4) is 0 Å². The topological polar surface area (TPSA) is 30.0 Å². The van der Waals surface area contributed by atoms with E-state index in [1.54, 1.807) is 6.20 Å². The number of nitrogens with zero attached hydrogens (tertiary/aromatic N) is 1. The molecule has 0 N–H and O–H groups in total. The molecule has 0 aliphatic rings. The lowest BCUT2D eigenvalue weighted by Gasteiger charge is -2.04. The van der Waals surface area contributed by atoms with Crippen LogP contribution >= 0.6 is 0 Å². The van der Waals surface area contributed by atoms with E-state index in [4.69, 9.17) is 0 Å². The van der Waals surface area contributed by atoms with Crippen LogP contribution in [0.25, 0.3) is 0 Å². The summed E-state index contributed by atoms with van der Waals surface area (Å²) < 4.78 is 0. The number of Topliss-reactive ketones (excluding diaryl/α,β-unsaturated/α-hetero) is 1. The molecule has 1 heterocycles. The Balaban J connectivity index is 1.88. The van der Waals surface area contributed by atoms with Gasteiger partial charge in [0.2, 0.25) is 0 Å². The number of benzene rings is 1. The standard InChI is InChI=1S/C16H17NO/c1-13-6-5-11-17-16(13)12-15(18)10-9-14-7-3-2-4-8-14/h2-8,11H,9-10,12H2,1H3. The average molecular weight is 239 g/mol. The highest BCUT2D eigenvalue weighted by atomic mass is 16.1. The molecule has 0 amide bonds. The van der Waals surface area contributed by atoms with Crippen molar-refractivity contribution in [1.29, 1.82) is 0 Å². The van der Waals surface area contributed by atoms with Crippen LogP contribution < -0.4 is 0 Å². The van der Waals surface area contributed by atoms with Crippen molar-refractivity contribution in [1.82, 2.24) is 4.98 Å². The normalized spacial score (nSPS) is 10.3. The van der Waals surface area contributed by atoms with Crippen molar-refractivity contribution in [2.45, 2.75) is 26.2 Å². The molecule has 0 bridgehead atoms. The van der Waals surface area contributed by atoms with Crippen molar-refractivity contribution in [2.24, 2.45) is 0 Å². The highest BCUT2D eigenvalue weighted by molar-refractivity contribution is 5.80. The van der Waals surface area contributed by atoms with E-state index < -0.39 is 0 Å². The van der Waals surface area contributed by atoms with E-state index >= 15 is 0 Å². The molecule has 0 saturated carbocycles. The number of pyridine rings is 1. The number of hydrogen-bond acceptors (Lipinski definition) is 2. The second-order valence-electron chi connectivity index (χ2n) is 4.47. The van der Waals surface area contributed by atoms with Crippen molar-refractivity contribution in [3.05, 3.63) is 65.5 Å². The molecule has 0 spiro atoms. The maximum absolute atomic E-state index is 11.9. The van der Waals surface area contributed by atoms with Gasteiger partial charge in [-0.1, -0.05) is 36.4 Å². The molecule has 0 unspecified atom stereocenters. The highest BCUT2D eigenvalue weighted by Crippen LogP contribution is 2.08. The zero-order valence-electron chi connectivity index (χ0n) is 10.6. The van der Waals surface area contributed by atoms with Gasteiger partial charge in [-0.2, -0.15) is 0 Å². The monoisotopic (exact) mass is 239 g/mol. The van der Waals surface area contributed by atoms with Crippen LogP contribution in [0.1, 0.15) is 23.2 Å². The number of carbonyl (C=O) groups excluding carboxylic acids is 1. The van der Waals surface area contributed by atoms with Crippen LogP contribution in [0.4, 0.5) is 0 Å². The van der Waals surface area contributed by atoms with E-state index in [0.29, 0.717) is 12.8 Å². The Morgan fingerprint density at radius 2 is 1.89 bits per heavy atom. The van der Waals surface area contributed by atoms with Gasteiger partial charge in [0.05, 0.1) is 5.69 Å². The smallest absolute Gasteiger partial charge is 0.139 e. The van der Waals surface area contributed by atoms with E-state index in [1.807, 2.05) is 37.3 Å². The Hall–Kier alpha value is -1.96. The second-order valence-corrected chi connectivity index (χ2v) is 4.47. The SMILES string of the molecule is Cc1cccnc1CC(=O)CCc1ccccc1. The quantitative estimate of drug-likeness (QED) is 0.802. The third kappa shape index (κ3) is 3.52. The predicted octanol–water partition coefficient (Wildman–Crippen LogP) is 3.13. The number of aryl methyl sites for hydroxylation is 2. The van der Waals surface area contributed by atoms with Gasteiger partial charge in [-0.05, 0) is 30.5 Å². The molecule has 0 saturated heterocycles. The lowest BCUT2D eigenvalue weighted by Crippen LogP contribution is -2.07. The Morgan fingerprint density at radius 1 is 1.11 bits per heavy atom. The molecule has 2 aromatic rings. The Bertz CT molecular complexity index is 520. The van der Waals surface area contributed by atoms with Gasteiger partial charge in [-0.3, -0.25) is 9.78 Å². The van der Waals surface area contributed by atoms with Gasteiger partial charge in [-0.25, -0.2) is 0 Å². The summed E-state index contributed by atoms with van der Waals surface area (Å²) in [5.41, 5.74) is 3.20. The highest BCUT2D eigenvalue weighted by Gasteiger charge is 2.07. The van der Waals surface area contributed by atoms with E-state index in [0.717, 1.165) is 17.7 Å². The van der Waals surface area contributed by atoms with Crippen LogP contribution in [0.2, 0.25) is 0 Å². The summed E-state index contributed by atoms with van der Waals surface area (Å²) in [5, 5.41) is 0. The lowest BCUT2D eigenvalue weighted by molar-refractivity contribution is -0.118. The largest absolute Gasteiger partial charge is 0.299 e. The summed E-state index contributed by atoms with van der Waals surface area (Å²) in [4.78, 5) is 16.2. The zero-order chi connectivity index (χ0) is 12.8. The van der Waals surface area contributed by atoms with Crippen molar-refractivity contribution >= 4 is 5.78 Å². The first-order valence-corrected chi connectivity index (χ1v) is 6.22. The van der Waals surface area contributed by atoms with Gasteiger partial charge in [0, 0.05) is 19.0 Å². The minimum atomic E-state index is 0.251. The third-order valence-electron chi connectivity index (χ3n) is 3.02. The number of carbonyl (C=O) groups is 1. The van der Waals surface area contributed by atoms with Gasteiger partial charge in [0.1, 0.15) is 5.78 Å². The fourth-order valence-electron chi connectivity index (χ4n) is 1.91. The minimum absolute atomic E-state index is 0.251. The van der Waals surface area contributed by atoms with Crippen LogP contribution in [0.5, 0.6) is 0 Å². The maximum atomic E-state index is 11.9.